The lowest BCUT2D eigenvalue weighted by Gasteiger charge is -2.24. The minimum Gasteiger partial charge on any atom is -0.494 e. The van der Waals surface area contributed by atoms with Gasteiger partial charge in [-0.25, -0.2) is 9.67 Å². The Kier molecular flexibility index (Phi) is 4.14. The Labute approximate surface area is 142 Å². The van der Waals surface area contributed by atoms with Gasteiger partial charge in [0, 0.05) is 36.6 Å². The average molecular weight is 328 g/mol. The molecule has 3 heterocycles. The van der Waals surface area contributed by atoms with Gasteiger partial charge in [-0.15, -0.1) is 0 Å². The molecule has 6 nitrogen and oxygen atoms in total. The summed E-state index contributed by atoms with van der Waals surface area (Å²) in [6.45, 7) is 6.47. The molecule has 0 amide bonds. The van der Waals surface area contributed by atoms with Crippen LogP contribution >= 0.6 is 0 Å². The van der Waals surface area contributed by atoms with E-state index in [2.05, 4.69) is 34.5 Å². The van der Waals surface area contributed by atoms with Crippen molar-refractivity contribution in [1.29, 1.82) is 0 Å². The molecule has 6 heteroatoms. The molecule has 0 saturated carbocycles. The second kappa shape index (κ2) is 6.43. The highest BCUT2D eigenvalue weighted by Gasteiger charge is 2.25. The highest BCUT2D eigenvalue weighted by Crippen LogP contribution is 2.36. The topological polar surface area (TPSA) is 61.2 Å². The predicted octanol–water partition coefficient (Wildman–Crippen LogP) is 2.10. The van der Waals surface area contributed by atoms with Crippen molar-refractivity contribution in [2.75, 3.05) is 6.61 Å². The molecule has 2 aliphatic heterocycles. The Morgan fingerprint density at radius 3 is 3.21 bits per heavy atom. The Morgan fingerprint density at radius 1 is 1.42 bits per heavy atom. The Bertz CT molecular complexity index is 728. The molecule has 2 aromatic rings. The van der Waals surface area contributed by atoms with Crippen molar-refractivity contribution < 1.29 is 9.47 Å². The third kappa shape index (κ3) is 2.98. The Balaban J connectivity index is 1.48. The maximum absolute atomic E-state index is 6.03. The fourth-order valence-corrected chi connectivity index (χ4v) is 3.62. The van der Waals surface area contributed by atoms with Crippen LogP contribution in [0.4, 0.5) is 0 Å². The molecule has 0 unspecified atom stereocenters. The number of nitrogens with zero attached hydrogens (tertiary/aromatic N) is 3. The van der Waals surface area contributed by atoms with E-state index < -0.39 is 0 Å². The predicted molar refractivity (Wildman–Crippen MR) is 90.4 cm³/mol. The summed E-state index contributed by atoms with van der Waals surface area (Å²) in [7, 11) is 0. The van der Waals surface area contributed by atoms with Crippen molar-refractivity contribution in [2.24, 2.45) is 0 Å². The lowest BCUT2D eigenvalue weighted by atomic mass is 10.0. The normalized spacial score (nSPS) is 21.9. The first-order chi connectivity index (χ1) is 11.7. The van der Waals surface area contributed by atoms with Crippen molar-refractivity contribution in [3.05, 3.63) is 35.4 Å². The molecule has 0 spiro atoms. The molecular formula is C18H24N4O2. The molecule has 128 valence electrons. The molecule has 0 bridgehead atoms. The first-order valence-electron chi connectivity index (χ1n) is 8.78. The molecule has 1 aromatic heterocycles. The van der Waals surface area contributed by atoms with Gasteiger partial charge in [0.25, 0.3) is 0 Å². The van der Waals surface area contributed by atoms with Crippen LogP contribution in [0, 0.1) is 0 Å². The zero-order valence-corrected chi connectivity index (χ0v) is 14.3. The van der Waals surface area contributed by atoms with Gasteiger partial charge in [0.1, 0.15) is 29.8 Å². The number of aromatic nitrogens is 3. The summed E-state index contributed by atoms with van der Waals surface area (Å²) in [4.78, 5) is 4.28. The summed E-state index contributed by atoms with van der Waals surface area (Å²) < 4.78 is 13.8. The second-order valence-electron chi connectivity index (χ2n) is 6.61. The number of hydrogen-bond acceptors (Lipinski definition) is 5. The van der Waals surface area contributed by atoms with Crippen LogP contribution in [-0.2, 0) is 25.9 Å². The fraction of sp³-hybridized carbons (Fsp3) is 0.556. The van der Waals surface area contributed by atoms with Gasteiger partial charge in [0.2, 0.25) is 0 Å². The number of hydrogen-bond donors (Lipinski definition) is 1. The van der Waals surface area contributed by atoms with E-state index in [0.717, 1.165) is 49.7 Å². The second-order valence-corrected chi connectivity index (χ2v) is 6.61. The molecule has 0 fully saturated rings. The van der Waals surface area contributed by atoms with Crippen molar-refractivity contribution in [3.63, 3.8) is 0 Å². The van der Waals surface area contributed by atoms with Gasteiger partial charge in [0.05, 0.1) is 13.2 Å². The van der Waals surface area contributed by atoms with Crippen LogP contribution in [0.5, 0.6) is 11.5 Å². The third-order valence-corrected chi connectivity index (χ3v) is 4.74. The summed E-state index contributed by atoms with van der Waals surface area (Å²) >= 11 is 0. The van der Waals surface area contributed by atoms with Crippen molar-refractivity contribution in [2.45, 2.75) is 58.3 Å². The number of benzene rings is 1. The maximum Gasteiger partial charge on any atom is 0.138 e. The van der Waals surface area contributed by atoms with Gasteiger partial charge in [-0.05, 0) is 32.4 Å². The Morgan fingerprint density at radius 2 is 2.33 bits per heavy atom. The van der Waals surface area contributed by atoms with Crippen LogP contribution in [0.3, 0.4) is 0 Å². The number of aryl methyl sites for hydroxylation is 1. The lowest BCUT2D eigenvalue weighted by molar-refractivity contribution is 0.251. The summed E-state index contributed by atoms with van der Waals surface area (Å²) in [5.74, 6) is 3.06. The molecule has 1 aromatic carbocycles. The summed E-state index contributed by atoms with van der Waals surface area (Å²) in [5.41, 5.74) is 2.44. The van der Waals surface area contributed by atoms with E-state index in [4.69, 9.17) is 9.47 Å². The van der Waals surface area contributed by atoms with Crippen LogP contribution in [0.2, 0.25) is 0 Å². The smallest absolute Gasteiger partial charge is 0.138 e. The highest BCUT2D eigenvalue weighted by molar-refractivity contribution is 5.49. The largest absolute Gasteiger partial charge is 0.494 e. The minimum atomic E-state index is 0.239. The SMILES string of the molecule is CCOc1cc(CN[C@H]2CCc3ncnn3C2)c2c(c1)C[C@H](C)O2. The molecule has 24 heavy (non-hydrogen) atoms. The van der Waals surface area contributed by atoms with Crippen LogP contribution in [-0.4, -0.2) is 33.5 Å². The first-order valence-corrected chi connectivity index (χ1v) is 8.78. The zero-order chi connectivity index (χ0) is 16.5. The van der Waals surface area contributed by atoms with E-state index in [1.807, 2.05) is 11.6 Å². The standard InChI is InChI=1S/C18H24N4O2/c1-3-23-16-7-13-6-12(2)24-18(13)14(8-16)9-19-15-4-5-17-20-11-21-22(17)10-15/h7-8,11-12,15,19H,3-6,9-10H2,1-2H3/t12-,15-/m0/s1. The molecule has 0 aliphatic carbocycles. The van der Waals surface area contributed by atoms with Crippen LogP contribution < -0.4 is 14.8 Å². The number of nitrogens with one attached hydrogen (secondary N) is 1. The van der Waals surface area contributed by atoms with Crippen LogP contribution in [0.1, 0.15) is 37.2 Å². The van der Waals surface area contributed by atoms with Crippen molar-refractivity contribution >= 4 is 0 Å². The number of ether oxygens (including phenoxy) is 2. The summed E-state index contributed by atoms with van der Waals surface area (Å²) in [6.07, 6.45) is 4.90. The minimum absolute atomic E-state index is 0.239. The fourth-order valence-electron chi connectivity index (χ4n) is 3.62. The lowest BCUT2D eigenvalue weighted by Crippen LogP contribution is -2.37. The zero-order valence-electron chi connectivity index (χ0n) is 14.3. The number of rotatable bonds is 5. The van der Waals surface area contributed by atoms with E-state index in [9.17, 15) is 0 Å². The van der Waals surface area contributed by atoms with Gasteiger partial charge < -0.3 is 14.8 Å². The molecule has 2 aliphatic rings. The molecule has 1 N–H and O–H groups in total. The van der Waals surface area contributed by atoms with Gasteiger partial charge in [-0.3, -0.25) is 0 Å². The first kappa shape index (κ1) is 15.4. The van der Waals surface area contributed by atoms with Crippen molar-refractivity contribution in [3.8, 4) is 11.5 Å². The van der Waals surface area contributed by atoms with Crippen molar-refractivity contribution in [1.82, 2.24) is 20.1 Å². The summed E-state index contributed by atoms with van der Waals surface area (Å²) in [5, 5.41) is 7.95. The highest BCUT2D eigenvalue weighted by atomic mass is 16.5. The summed E-state index contributed by atoms with van der Waals surface area (Å²) in [6, 6.07) is 4.63. The van der Waals surface area contributed by atoms with E-state index in [1.54, 1.807) is 6.33 Å². The van der Waals surface area contributed by atoms with Gasteiger partial charge in [-0.1, -0.05) is 0 Å². The van der Waals surface area contributed by atoms with Gasteiger partial charge in [0.15, 0.2) is 0 Å². The Hall–Kier alpha value is -2.08. The third-order valence-electron chi connectivity index (χ3n) is 4.74. The molecule has 2 atom stereocenters. The van der Waals surface area contributed by atoms with Crippen LogP contribution in [0.25, 0.3) is 0 Å². The monoisotopic (exact) mass is 328 g/mol. The molecule has 4 rings (SSSR count). The molecule has 0 radical (unpaired) electrons. The van der Waals surface area contributed by atoms with Gasteiger partial charge >= 0.3 is 0 Å². The molecular weight excluding hydrogens is 304 g/mol. The quantitative estimate of drug-likeness (QED) is 0.911. The average Bonchev–Trinajstić information content (AvgIpc) is 3.17. The van der Waals surface area contributed by atoms with E-state index >= 15 is 0 Å². The van der Waals surface area contributed by atoms with E-state index in [1.165, 1.54) is 11.1 Å². The maximum atomic E-state index is 6.03. The van der Waals surface area contributed by atoms with Crippen LogP contribution in [0.15, 0.2) is 18.5 Å². The number of fused-ring (bicyclic) bond motifs is 2. The molecule has 0 saturated heterocycles. The van der Waals surface area contributed by atoms with Gasteiger partial charge in [-0.2, -0.15) is 5.10 Å². The van der Waals surface area contributed by atoms with E-state index in [-0.39, 0.29) is 6.10 Å². The van der Waals surface area contributed by atoms with E-state index in [0.29, 0.717) is 12.6 Å².